The number of amides is 2. The van der Waals surface area contributed by atoms with Crippen molar-refractivity contribution in [3.8, 4) is 0 Å². The van der Waals surface area contributed by atoms with Crippen LogP contribution < -0.4 is 5.32 Å². The fourth-order valence-electron chi connectivity index (χ4n) is 3.53. The summed E-state index contributed by atoms with van der Waals surface area (Å²) in [7, 11) is 0. The van der Waals surface area contributed by atoms with Crippen LogP contribution in [0.15, 0.2) is 0 Å². The van der Waals surface area contributed by atoms with Crippen molar-refractivity contribution in [1.82, 2.24) is 10.2 Å². The van der Waals surface area contributed by atoms with Crippen molar-refractivity contribution in [3.05, 3.63) is 0 Å². The van der Waals surface area contributed by atoms with Crippen LogP contribution in [0.3, 0.4) is 0 Å². The molecule has 2 rings (SSSR count). The summed E-state index contributed by atoms with van der Waals surface area (Å²) in [4.78, 5) is 26.4. The Hall–Kier alpha value is -0.710. The molecule has 0 radical (unpaired) electrons. The number of nitrogens with one attached hydrogen (secondary N) is 1. The molecule has 1 aliphatic heterocycles. The third-order valence-electron chi connectivity index (χ3n) is 4.83. The number of likely N-dealkylation sites (tertiary alicyclic amines) is 1. The smallest absolute Gasteiger partial charge is 0.225 e. The second kappa shape index (κ2) is 8.23. The molecule has 1 saturated carbocycles. The Bertz CT molecular complexity index is 392. The fourth-order valence-corrected chi connectivity index (χ4v) is 4.73. The second-order valence-corrected chi connectivity index (χ2v) is 8.31. The Morgan fingerprint density at radius 2 is 1.86 bits per heavy atom. The van der Waals surface area contributed by atoms with E-state index in [1.807, 2.05) is 30.5 Å². The van der Waals surface area contributed by atoms with E-state index in [0.29, 0.717) is 11.3 Å². The average Bonchev–Trinajstić information content (AvgIpc) is 2.94. The number of nitrogens with zero attached hydrogens (tertiary/aromatic N) is 1. The van der Waals surface area contributed by atoms with E-state index in [1.54, 1.807) is 0 Å². The lowest BCUT2D eigenvalue weighted by atomic mass is 9.94. The molecule has 0 aromatic heterocycles. The molecule has 2 atom stereocenters. The van der Waals surface area contributed by atoms with Gasteiger partial charge in [0.2, 0.25) is 11.8 Å². The first-order valence-electron chi connectivity index (χ1n) is 8.73. The molecule has 1 saturated heterocycles. The lowest BCUT2D eigenvalue weighted by Crippen LogP contribution is -2.47. The summed E-state index contributed by atoms with van der Waals surface area (Å²) in [5.41, 5.74) is 0. The van der Waals surface area contributed by atoms with Crippen molar-refractivity contribution in [1.29, 1.82) is 0 Å². The molecule has 0 aromatic carbocycles. The predicted molar refractivity (Wildman–Crippen MR) is 91.8 cm³/mol. The number of hydrogen-bond donors (Lipinski definition) is 1. The van der Waals surface area contributed by atoms with Crippen LogP contribution in [0.1, 0.15) is 52.9 Å². The van der Waals surface area contributed by atoms with Gasteiger partial charge in [-0.2, -0.15) is 11.8 Å². The summed E-state index contributed by atoms with van der Waals surface area (Å²) in [6.07, 6.45) is 5.19. The van der Waals surface area contributed by atoms with Crippen molar-refractivity contribution in [2.24, 2.45) is 11.8 Å². The zero-order valence-electron chi connectivity index (χ0n) is 14.1. The van der Waals surface area contributed by atoms with Crippen LogP contribution in [-0.4, -0.2) is 46.8 Å². The van der Waals surface area contributed by atoms with Gasteiger partial charge in [-0.3, -0.25) is 9.59 Å². The molecule has 0 aromatic rings. The van der Waals surface area contributed by atoms with Crippen LogP contribution in [0.2, 0.25) is 0 Å². The Labute approximate surface area is 138 Å². The first-order chi connectivity index (χ1) is 10.5. The molecular weight excluding hydrogens is 296 g/mol. The molecule has 5 heteroatoms. The Kier molecular flexibility index (Phi) is 6.60. The van der Waals surface area contributed by atoms with Crippen LogP contribution >= 0.6 is 11.8 Å². The van der Waals surface area contributed by atoms with Gasteiger partial charge in [-0.15, -0.1) is 0 Å². The molecule has 22 heavy (non-hydrogen) atoms. The quantitative estimate of drug-likeness (QED) is 0.845. The van der Waals surface area contributed by atoms with Crippen molar-refractivity contribution in [2.75, 3.05) is 18.8 Å². The lowest BCUT2D eigenvalue weighted by Gasteiger charge is -2.33. The molecule has 0 unspecified atom stereocenters. The minimum absolute atomic E-state index is 0.0516. The minimum Gasteiger partial charge on any atom is -0.352 e. The van der Waals surface area contributed by atoms with E-state index in [0.717, 1.165) is 38.1 Å². The maximum Gasteiger partial charge on any atom is 0.225 e. The Balaban J connectivity index is 1.79. The first-order valence-corrected chi connectivity index (χ1v) is 9.78. The molecular formula is C17H30N2O2S. The van der Waals surface area contributed by atoms with E-state index >= 15 is 0 Å². The van der Waals surface area contributed by atoms with Crippen LogP contribution in [0.4, 0.5) is 0 Å². The maximum absolute atomic E-state index is 12.5. The maximum atomic E-state index is 12.5. The highest BCUT2D eigenvalue weighted by atomic mass is 32.2. The number of carbonyl (C=O) groups excluding carboxylic acids is 2. The first kappa shape index (κ1) is 17.6. The van der Waals surface area contributed by atoms with Gasteiger partial charge in [0.05, 0.1) is 0 Å². The Morgan fingerprint density at radius 3 is 2.45 bits per heavy atom. The SMILES string of the molecule is CCS[C@@H]1CCC[C@@H]1NC(=O)C1CCN(C(=O)C(C)C)CC1. The van der Waals surface area contributed by atoms with E-state index in [-0.39, 0.29) is 23.7 Å². The van der Waals surface area contributed by atoms with Gasteiger partial charge in [0.15, 0.2) is 0 Å². The van der Waals surface area contributed by atoms with Crippen LogP contribution in [0.25, 0.3) is 0 Å². The van der Waals surface area contributed by atoms with E-state index < -0.39 is 0 Å². The van der Waals surface area contributed by atoms with Gasteiger partial charge in [0.25, 0.3) is 0 Å². The number of carbonyl (C=O) groups is 2. The zero-order chi connectivity index (χ0) is 16.1. The Morgan fingerprint density at radius 1 is 1.18 bits per heavy atom. The molecule has 0 spiro atoms. The van der Waals surface area contributed by atoms with Crippen molar-refractivity contribution in [2.45, 2.75) is 64.2 Å². The van der Waals surface area contributed by atoms with Gasteiger partial charge >= 0.3 is 0 Å². The minimum atomic E-state index is 0.0516. The predicted octanol–water partition coefficient (Wildman–Crippen LogP) is 2.67. The van der Waals surface area contributed by atoms with Crippen molar-refractivity contribution >= 4 is 23.6 Å². The van der Waals surface area contributed by atoms with Gasteiger partial charge < -0.3 is 10.2 Å². The molecule has 1 aliphatic carbocycles. The molecule has 0 bridgehead atoms. The van der Waals surface area contributed by atoms with E-state index in [1.165, 1.54) is 12.8 Å². The molecule has 2 amide bonds. The monoisotopic (exact) mass is 326 g/mol. The van der Waals surface area contributed by atoms with Gasteiger partial charge in [-0.1, -0.05) is 27.2 Å². The van der Waals surface area contributed by atoms with E-state index in [9.17, 15) is 9.59 Å². The highest BCUT2D eigenvalue weighted by Gasteiger charge is 2.32. The van der Waals surface area contributed by atoms with E-state index in [4.69, 9.17) is 0 Å². The zero-order valence-corrected chi connectivity index (χ0v) is 15.0. The summed E-state index contributed by atoms with van der Waals surface area (Å²) >= 11 is 1.98. The molecule has 2 aliphatic rings. The topological polar surface area (TPSA) is 49.4 Å². The number of piperidine rings is 1. The second-order valence-electron chi connectivity index (χ2n) is 6.79. The summed E-state index contributed by atoms with van der Waals surface area (Å²) in [6, 6.07) is 0.354. The van der Waals surface area contributed by atoms with E-state index in [2.05, 4.69) is 12.2 Å². The lowest BCUT2D eigenvalue weighted by molar-refractivity contribution is -0.138. The average molecular weight is 327 g/mol. The third kappa shape index (κ3) is 4.40. The van der Waals surface area contributed by atoms with Gasteiger partial charge in [-0.05, 0) is 31.4 Å². The molecule has 2 fully saturated rings. The summed E-state index contributed by atoms with van der Waals surface area (Å²) < 4.78 is 0. The number of rotatable bonds is 5. The van der Waals surface area contributed by atoms with Crippen LogP contribution in [0.5, 0.6) is 0 Å². The van der Waals surface area contributed by atoms with Gasteiger partial charge in [-0.25, -0.2) is 0 Å². The molecule has 126 valence electrons. The normalized spacial score (nSPS) is 26.5. The molecule has 1 N–H and O–H groups in total. The summed E-state index contributed by atoms with van der Waals surface area (Å²) in [5.74, 6) is 1.69. The highest BCUT2D eigenvalue weighted by molar-refractivity contribution is 7.99. The standard InChI is InChI=1S/C17H30N2O2S/c1-4-22-15-7-5-6-14(15)18-16(20)13-8-10-19(11-9-13)17(21)12(2)3/h12-15H,4-11H2,1-3H3,(H,18,20)/t14-,15+/m0/s1. The molecule has 1 heterocycles. The van der Waals surface area contributed by atoms with Gasteiger partial charge in [0.1, 0.15) is 0 Å². The van der Waals surface area contributed by atoms with Crippen LogP contribution in [-0.2, 0) is 9.59 Å². The van der Waals surface area contributed by atoms with Crippen molar-refractivity contribution in [3.63, 3.8) is 0 Å². The third-order valence-corrected chi connectivity index (χ3v) is 6.16. The summed E-state index contributed by atoms with van der Waals surface area (Å²) in [5, 5.41) is 3.88. The largest absolute Gasteiger partial charge is 0.352 e. The summed E-state index contributed by atoms with van der Waals surface area (Å²) in [6.45, 7) is 7.52. The number of thioether (sulfide) groups is 1. The van der Waals surface area contributed by atoms with Crippen LogP contribution in [0, 0.1) is 11.8 Å². The highest BCUT2D eigenvalue weighted by Crippen LogP contribution is 2.30. The van der Waals surface area contributed by atoms with Gasteiger partial charge in [0, 0.05) is 36.2 Å². The fraction of sp³-hybridized carbons (Fsp3) is 0.882. The van der Waals surface area contributed by atoms with Crippen molar-refractivity contribution < 1.29 is 9.59 Å². The molecule has 4 nitrogen and oxygen atoms in total. The number of hydrogen-bond acceptors (Lipinski definition) is 3.